The first-order valence-electron chi connectivity index (χ1n) is 4.62. The number of carbonyl (C=O) groups excluding carboxylic acids is 1. The monoisotopic (exact) mass is 209 g/mol. The van der Waals surface area contributed by atoms with E-state index in [9.17, 15) is 4.79 Å². The number of nitrogens with two attached hydrogens (primary N) is 1. The lowest BCUT2D eigenvalue weighted by molar-refractivity contribution is -0.117. The molecule has 0 bridgehead atoms. The molecular weight excluding hydrogens is 194 g/mol. The molecule has 76 valence electrons. The Morgan fingerprint density at radius 3 is 2.64 bits per heavy atom. The van der Waals surface area contributed by atoms with Crippen LogP contribution in [0.15, 0.2) is 30.3 Å². The van der Waals surface area contributed by atoms with Crippen LogP contribution < -0.4 is 5.73 Å². The summed E-state index contributed by atoms with van der Waals surface area (Å²) in [5.41, 5.74) is 6.40. The number of benzene rings is 1. The topological polar surface area (TPSA) is 43.1 Å². The molecule has 1 amide bonds. The van der Waals surface area contributed by atoms with Gasteiger partial charge in [0.05, 0.1) is 0 Å². The van der Waals surface area contributed by atoms with Crippen LogP contribution in [0.3, 0.4) is 0 Å². The van der Waals surface area contributed by atoms with Gasteiger partial charge in [0.1, 0.15) is 0 Å². The van der Waals surface area contributed by atoms with E-state index in [1.165, 1.54) is 5.56 Å². The zero-order valence-electron chi connectivity index (χ0n) is 8.27. The summed E-state index contributed by atoms with van der Waals surface area (Å²) in [6, 6.07) is 10.2. The van der Waals surface area contributed by atoms with Gasteiger partial charge in [-0.1, -0.05) is 37.3 Å². The van der Waals surface area contributed by atoms with E-state index in [1.54, 1.807) is 11.8 Å². The summed E-state index contributed by atoms with van der Waals surface area (Å²) in [4.78, 5) is 10.6. The van der Waals surface area contributed by atoms with E-state index in [0.717, 1.165) is 5.75 Å². The van der Waals surface area contributed by atoms with E-state index >= 15 is 0 Å². The average Bonchev–Trinajstić information content (AvgIpc) is 2.15. The number of primary amides is 1. The van der Waals surface area contributed by atoms with Crippen molar-refractivity contribution in [1.82, 2.24) is 0 Å². The molecule has 0 saturated heterocycles. The molecule has 2 nitrogen and oxygen atoms in total. The zero-order chi connectivity index (χ0) is 10.4. The van der Waals surface area contributed by atoms with Crippen LogP contribution in [0.25, 0.3) is 0 Å². The van der Waals surface area contributed by atoms with Crippen LogP contribution in [0.2, 0.25) is 0 Å². The summed E-state index contributed by atoms with van der Waals surface area (Å²) in [6.45, 7) is 2.03. The van der Waals surface area contributed by atoms with Crippen molar-refractivity contribution < 1.29 is 4.79 Å². The highest BCUT2D eigenvalue weighted by Crippen LogP contribution is 2.19. The lowest BCUT2D eigenvalue weighted by atomic mass is 10.2. The zero-order valence-corrected chi connectivity index (χ0v) is 9.09. The van der Waals surface area contributed by atoms with E-state index < -0.39 is 0 Å². The minimum Gasteiger partial charge on any atom is -0.370 e. The third-order valence-corrected chi connectivity index (χ3v) is 3.10. The van der Waals surface area contributed by atoms with Crippen LogP contribution in [0, 0.1) is 0 Å². The number of rotatable bonds is 5. The first-order chi connectivity index (χ1) is 6.68. The van der Waals surface area contributed by atoms with E-state index in [2.05, 4.69) is 12.1 Å². The summed E-state index contributed by atoms with van der Waals surface area (Å²) in [5, 5.41) is 0.299. The first-order valence-corrected chi connectivity index (χ1v) is 5.67. The van der Waals surface area contributed by atoms with Crippen LogP contribution in [0.1, 0.15) is 18.9 Å². The first kappa shape index (κ1) is 11.1. The van der Waals surface area contributed by atoms with Crippen molar-refractivity contribution in [1.29, 1.82) is 0 Å². The van der Waals surface area contributed by atoms with Crippen molar-refractivity contribution in [2.45, 2.75) is 24.3 Å². The number of amides is 1. The van der Waals surface area contributed by atoms with Crippen molar-refractivity contribution >= 4 is 17.7 Å². The van der Waals surface area contributed by atoms with Gasteiger partial charge in [-0.25, -0.2) is 0 Å². The third kappa shape index (κ3) is 4.33. The second kappa shape index (κ2) is 5.70. The average molecular weight is 209 g/mol. The Morgan fingerprint density at radius 2 is 2.07 bits per heavy atom. The molecule has 0 radical (unpaired) electrons. The van der Waals surface area contributed by atoms with Crippen molar-refractivity contribution in [3.8, 4) is 0 Å². The van der Waals surface area contributed by atoms with Gasteiger partial charge in [-0.2, -0.15) is 11.8 Å². The summed E-state index contributed by atoms with van der Waals surface area (Å²) < 4.78 is 0. The highest BCUT2D eigenvalue weighted by Gasteiger charge is 2.06. The Labute approximate surface area is 88.9 Å². The fourth-order valence-corrected chi connectivity index (χ4v) is 2.11. The van der Waals surface area contributed by atoms with E-state index in [-0.39, 0.29) is 5.91 Å². The Hall–Kier alpha value is -0.960. The van der Waals surface area contributed by atoms with Gasteiger partial charge in [0.25, 0.3) is 0 Å². The van der Waals surface area contributed by atoms with Crippen molar-refractivity contribution in [2.75, 3.05) is 0 Å². The van der Waals surface area contributed by atoms with Crippen molar-refractivity contribution in [3.05, 3.63) is 35.9 Å². The number of hydrogen-bond acceptors (Lipinski definition) is 2. The molecule has 0 saturated carbocycles. The predicted octanol–water partition coefficient (Wildman–Crippen LogP) is 2.18. The number of thioether (sulfide) groups is 1. The van der Waals surface area contributed by atoms with E-state index in [4.69, 9.17) is 5.73 Å². The van der Waals surface area contributed by atoms with Crippen molar-refractivity contribution in [3.63, 3.8) is 0 Å². The fourth-order valence-electron chi connectivity index (χ4n) is 1.15. The highest BCUT2D eigenvalue weighted by molar-refractivity contribution is 7.99. The third-order valence-electron chi connectivity index (χ3n) is 1.87. The van der Waals surface area contributed by atoms with Gasteiger partial charge in [-0.15, -0.1) is 0 Å². The minimum atomic E-state index is -0.224. The van der Waals surface area contributed by atoms with Crippen molar-refractivity contribution in [2.24, 2.45) is 5.73 Å². The fraction of sp³-hybridized carbons (Fsp3) is 0.364. The van der Waals surface area contributed by atoms with Gasteiger partial charge >= 0.3 is 0 Å². The normalized spacial score (nSPS) is 12.4. The highest BCUT2D eigenvalue weighted by atomic mass is 32.2. The molecule has 0 aliphatic rings. The Morgan fingerprint density at radius 1 is 1.43 bits per heavy atom. The molecule has 1 unspecified atom stereocenters. The molecule has 2 N–H and O–H groups in total. The molecule has 1 aromatic rings. The Bertz CT molecular complexity index is 287. The van der Waals surface area contributed by atoms with Crippen LogP contribution in [0.5, 0.6) is 0 Å². The number of carbonyl (C=O) groups is 1. The Kier molecular flexibility index (Phi) is 4.53. The second-order valence-corrected chi connectivity index (χ2v) is 4.70. The summed E-state index contributed by atoms with van der Waals surface area (Å²) >= 11 is 1.76. The smallest absolute Gasteiger partial charge is 0.218 e. The largest absolute Gasteiger partial charge is 0.370 e. The van der Waals surface area contributed by atoms with Crippen LogP contribution in [0.4, 0.5) is 0 Å². The van der Waals surface area contributed by atoms with Crippen LogP contribution in [-0.4, -0.2) is 11.2 Å². The SMILES string of the molecule is CC(CC(N)=O)SCc1ccccc1. The quantitative estimate of drug-likeness (QED) is 0.807. The molecule has 0 heterocycles. The van der Waals surface area contributed by atoms with Gasteiger partial charge in [0, 0.05) is 17.4 Å². The lowest BCUT2D eigenvalue weighted by Gasteiger charge is -2.08. The molecule has 14 heavy (non-hydrogen) atoms. The minimum absolute atomic E-state index is 0.224. The summed E-state index contributed by atoms with van der Waals surface area (Å²) in [5.74, 6) is 0.716. The molecule has 0 aliphatic heterocycles. The molecule has 0 fully saturated rings. The lowest BCUT2D eigenvalue weighted by Crippen LogP contribution is -2.15. The molecular formula is C11H15NOS. The Balaban J connectivity index is 2.30. The maximum Gasteiger partial charge on any atom is 0.218 e. The predicted molar refractivity (Wildman–Crippen MR) is 61.0 cm³/mol. The van der Waals surface area contributed by atoms with Gasteiger partial charge in [-0.05, 0) is 5.56 Å². The van der Waals surface area contributed by atoms with Crippen LogP contribution in [-0.2, 0) is 10.5 Å². The van der Waals surface area contributed by atoms with Gasteiger partial charge in [0.15, 0.2) is 0 Å². The van der Waals surface area contributed by atoms with Gasteiger partial charge in [-0.3, -0.25) is 4.79 Å². The molecule has 1 aromatic carbocycles. The van der Waals surface area contributed by atoms with Crippen LogP contribution >= 0.6 is 11.8 Å². The molecule has 0 aliphatic carbocycles. The molecule has 1 rings (SSSR count). The van der Waals surface area contributed by atoms with E-state index in [0.29, 0.717) is 11.7 Å². The summed E-state index contributed by atoms with van der Waals surface area (Å²) in [6.07, 6.45) is 0.456. The molecule has 3 heteroatoms. The van der Waals surface area contributed by atoms with E-state index in [1.807, 2.05) is 25.1 Å². The standard InChI is InChI=1S/C11H15NOS/c1-9(7-11(12)13)14-8-10-5-3-2-4-6-10/h2-6,9H,7-8H2,1H3,(H2,12,13). The molecule has 0 aromatic heterocycles. The maximum atomic E-state index is 10.6. The van der Waals surface area contributed by atoms with Gasteiger partial charge < -0.3 is 5.73 Å². The maximum absolute atomic E-state index is 10.6. The van der Waals surface area contributed by atoms with Gasteiger partial charge in [0.2, 0.25) is 5.91 Å². The second-order valence-electron chi connectivity index (χ2n) is 3.28. The molecule has 0 spiro atoms. The number of hydrogen-bond donors (Lipinski definition) is 1. The molecule has 1 atom stereocenters. The summed E-state index contributed by atoms with van der Waals surface area (Å²) in [7, 11) is 0.